The third kappa shape index (κ3) is 3.65. The first-order chi connectivity index (χ1) is 16.5. The van der Waals surface area contributed by atoms with Crippen LogP contribution in [0.5, 0.6) is 0 Å². The van der Waals surface area contributed by atoms with E-state index in [9.17, 15) is 14.0 Å². The molecule has 1 fully saturated rings. The molecular weight excluding hydrogens is 455 g/mol. The van der Waals surface area contributed by atoms with Gasteiger partial charge in [0.1, 0.15) is 23.6 Å². The van der Waals surface area contributed by atoms with Gasteiger partial charge in [-0.25, -0.2) is 19.5 Å². The zero-order valence-corrected chi connectivity index (χ0v) is 18.7. The minimum Gasteiger partial charge on any atom is -0.336 e. The van der Waals surface area contributed by atoms with Crippen molar-refractivity contribution in [1.82, 2.24) is 20.2 Å². The van der Waals surface area contributed by atoms with Crippen LogP contribution in [0.1, 0.15) is 51.2 Å². The maximum atomic E-state index is 14.6. The summed E-state index contributed by atoms with van der Waals surface area (Å²) in [7, 11) is 0. The van der Waals surface area contributed by atoms with Crippen LogP contribution >= 0.6 is 11.3 Å². The molecule has 6 rings (SSSR count). The normalized spacial score (nSPS) is 18.0. The summed E-state index contributed by atoms with van der Waals surface area (Å²) in [5.74, 6) is 0.707. The van der Waals surface area contributed by atoms with Gasteiger partial charge < -0.3 is 10.6 Å². The fourth-order valence-corrected chi connectivity index (χ4v) is 6.08. The number of hydrogen-bond donors (Lipinski definition) is 3. The van der Waals surface area contributed by atoms with Gasteiger partial charge in [0.25, 0.3) is 11.5 Å². The molecule has 10 heteroatoms. The first-order valence-corrected chi connectivity index (χ1v) is 11.7. The van der Waals surface area contributed by atoms with Crippen LogP contribution in [0.4, 0.5) is 21.6 Å². The second kappa shape index (κ2) is 8.14. The van der Waals surface area contributed by atoms with E-state index in [4.69, 9.17) is 0 Å². The zero-order chi connectivity index (χ0) is 23.2. The Morgan fingerprint density at radius 2 is 2.00 bits per heavy atom. The van der Waals surface area contributed by atoms with Crippen molar-refractivity contribution >= 4 is 34.4 Å². The molecule has 8 nitrogen and oxygen atoms in total. The van der Waals surface area contributed by atoms with Crippen LogP contribution in [0.25, 0.3) is 11.3 Å². The van der Waals surface area contributed by atoms with Gasteiger partial charge in [-0.2, -0.15) is 5.10 Å². The molecule has 0 aliphatic heterocycles. The van der Waals surface area contributed by atoms with Crippen molar-refractivity contribution in [3.8, 4) is 11.3 Å². The lowest BCUT2D eigenvalue weighted by Crippen LogP contribution is -2.14. The summed E-state index contributed by atoms with van der Waals surface area (Å²) in [6, 6.07) is 9.44. The van der Waals surface area contributed by atoms with E-state index in [0.29, 0.717) is 33.8 Å². The van der Waals surface area contributed by atoms with Gasteiger partial charge in [0.05, 0.1) is 16.3 Å². The molecule has 2 bridgehead atoms. The van der Waals surface area contributed by atoms with E-state index in [1.54, 1.807) is 18.3 Å². The first-order valence-electron chi connectivity index (χ1n) is 10.9. The standard InChI is InChI=1S/C24H19FN6O2S/c25-16-4-3-13(17-10-19(23(32)31-30-17)28-21-5-6-26-11-27-21)8-18(16)29-24(33)20-9-15-12-1-2-14(7-12)22(15)34-20/h3-6,8-12,14H,1-2,7H2,(H,29,33)(H,31,32)(H,26,27,28,30)/t12-,14?/m1/s1. The number of carbonyl (C=O) groups is 1. The molecule has 3 heterocycles. The molecule has 34 heavy (non-hydrogen) atoms. The smallest absolute Gasteiger partial charge is 0.287 e. The lowest BCUT2D eigenvalue weighted by Gasteiger charge is -2.09. The summed E-state index contributed by atoms with van der Waals surface area (Å²) in [6.45, 7) is 0. The van der Waals surface area contributed by atoms with E-state index in [1.807, 2.05) is 6.07 Å². The highest BCUT2D eigenvalue weighted by atomic mass is 32.1. The highest BCUT2D eigenvalue weighted by Gasteiger charge is 2.39. The second-order valence-corrected chi connectivity index (χ2v) is 9.59. The number of nitrogens with one attached hydrogen (secondary N) is 3. The zero-order valence-electron chi connectivity index (χ0n) is 17.8. The van der Waals surface area contributed by atoms with Gasteiger partial charge in [0.2, 0.25) is 0 Å². The van der Waals surface area contributed by atoms with Crippen LogP contribution in [0.2, 0.25) is 0 Å². The maximum absolute atomic E-state index is 14.6. The van der Waals surface area contributed by atoms with E-state index >= 15 is 0 Å². The van der Waals surface area contributed by atoms with Crippen molar-refractivity contribution in [1.29, 1.82) is 0 Å². The van der Waals surface area contributed by atoms with Crippen molar-refractivity contribution in [3.63, 3.8) is 0 Å². The molecule has 0 saturated heterocycles. The Morgan fingerprint density at radius 1 is 1.12 bits per heavy atom. The van der Waals surface area contributed by atoms with Gasteiger partial charge in [0, 0.05) is 16.6 Å². The summed E-state index contributed by atoms with van der Waals surface area (Å²) in [5, 5.41) is 12.1. The number of hydrogen-bond acceptors (Lipinski definition) is 7. The fourth-order valence-electron chi connectivity index (χ4n) is 4.78. The largest absolute Gasteiger partial charge is 0.336 e. The average molecular weight is 475 g/mol. The molecular formula is C24H19FN6O2S. The molecule has 0 radical (unpaired) electrons. The van der Waals surface area contributed by atoms with Gasteiger partial charge in [-0.1, -0.05) is 0 Å². The van der Waals surface area contributed by atoms with Crippen molar-refractivity contribution in [2.75, 3.05) is 10.6 Å². The van der Waals surface area contributed by atoms with Crippen LogP contribution in [0, 0.1) is 5.82 Å². The molecule has 3 aromatic heterocycles. The Bertz CT molecular complexity index is 1440. The first kappa shape index (κ1) is 20.7. The fraction of sp³-hybridized carbons (Fsp3) is 0.208. The lowest BCUT2D eigenvalue weighted by molar-refractivity contribution is 0.103. The number of anilines is 3. The molecule has 1 amide bonds. The Balaban J connectivity index is 1.26. The van der Waals surface area contributed by atoms with Crippen LogP contribution in [0.15, 0.2) is 53.7 Å². The minimum absolute atomic E-state index is 0.0531. The van der Waals surface area contributed by atoms with Gasteiger partial charge >= 0.3 is 0 Å². The molecule has 2 atom stereocenters. The number of halogens is 1. The van der Waals surface area contributed by atoms with E-state index in [1.165, 1.54) is 65.6 Å². The third-order valence-electron chi connectivity index (χ3n) is 6.42. The quantitative estimate of drug-likeness (QED) is 0.383. The van der Waals surface area contributed by atoms with Crippen molar-refractivity contribution in [3.05, 3.63) is 80.4 Å². The van der Waals surface area contributed by atoms with Gasteiger partial charge in [-0.15, -0.1) is 11.3 Å². The Kier molecular flexibility index (Phi) is 4.95. The number of amides is 1. The summed E-state index contributed by atoms with van der Waals surface area (Å²) in [6.07, 6.45) is 6.48. The molecule has 170 valence electrons. The number of rotatable bonds is 5. The minimum atomic E-state index is -0.551. The molecule has 1 aromatic carbocycles. The molecule has 3 N–H and O–H groups in total. The average Bonchev–Trinajstić information content (AvgIpc) is 3.57. The highest BCUT2D eigenvalue weighted by molar-refractivity contribution is 7.14. The summed E-state index contributed by atoms with van der Waals surface area (Å²) >= 11 is 1.52. The number of H-pyrrole nitrogens is 1. The van der Waals surface area contributed by atoms with Gasteiger partial charge in [-0.3, -0.25) is 9.59 Å². The van der Waals surface area contributed by atoms with Gasteiger partial charge in [0.15, 0.2) is 0 Å². The predicted molar refractivity (Wildman–Crippen MR) is 127 cm³/mol. The van der Waals surface area contributed by atoms with Crippen LogP contribution in [-0.2, 0) is 0 Å². The Hall–Kier alpha value is -3.92. The van der Waals surface area contributed by atoms with E-state index in [2.05, 4.69) is 30.8 Å². The van der Waals surface area contributed by atoms with E-state index < -0.39 is 11.4 Å². The van der Waals surface area contributed by atoms with Crippen molar-refractivity contribution < 1.29 is 9.18 Å². The summed E-state index contributed by atoms with van der Waals surface area (Å²) < 4.78 is 14.6. The predicted octanol–water partition coefficient (Wildman–Crippen LogP) is 4.79. The Labute approximate surface area is 197 Å². The monoisotopic (exact) mass is 474 g/mol. The Morgan fingerprint density at radius 3 is 2.82 bits per heavy atom. The van der Waals surface area contributed by atoms with Crippen LogP contribution < -0.4 is 16.2 Å². The summed E-state index contributed by atoms with van der Waals surface area (Å²) in [4.78, 5) is 34.9. The molecule has 2 aliphatic carbocycles. The maximum Gasteiger partial charge on any atom is 0.287 e. The number of fused-ring (bicyclic) bond motifs is 5. The molecule has 4 aromatic rings. The van der Waals surface area contributed by atoms with Crippen molar-refractivity contribution in [2.24, 2.45) is 0 Å². The number of thiophene rings is 1. The number of carbonyl (C=O) groups excluding carboxylic acids is 1. The van der Waals surface area contributed by atoms with Crippen LogP contribution in [-0.4, -0.2) is 26.1 Å². The molecule has 1 unspecified atom stereocenters. The number of nitrogens with zero attached hydrogens (tertiary/aromatic N) is 3. The van der Waals surface area contributed by atoms with E-state index in [-0.39, 0.29) is 17.3 Å². The summed E-state index contributed by atoms with van der Waals surface area (Å²) in [5.41, 5.74) is 2.07. The topological polar surface area (TPSA) is 113 Å². The number of aromatic amines is 1. The molecule has 2 aliphatic rings. The lowest BCUT2D eigenvalue weighted by atomic mass is 9.99. The second-order valence-electron chi connectivity index (χ2n) is 8.50. The number of aromatic nitrogens is 4. The third-order valence-corrected chi connectivity index (χ3v) is 7.73. The van der Waals surface area contributed by atoms with E-state index in [0.717, 1.165) is 0 Å². The van der Waals surface area contributed by atoms with Crippen LogP contribution in [0.3, 0.4) is 0 Å². The SMILES string of the molecule is O=C(Nc1cc(-c2cc(Nc3ccncn3)c(=O)[nH]n2)ccc1F)c1cc2c(s1)C1CC[C@@H]2C1. The van der Waals surface area contributed by atoms with Gasteiger partial charge in [-0.05, 0) is 73.1 Å². The molecule has 0 spiro atoms. The molecule has 1 saturated carbocycles. The van der Waals surface area contributed by atoms with Crippen molar-refractivity contribution in [2.45, 2.75) is 31.1 Å². The highest BCUT2D eigenvalue weighted by Crippen LogP contribution is 2.55. The number of benzene rings is 1.